The number of amides is 2. The Bertz CT molecular complexity index is 1020. The van der Waals surface area contributed by atoms with Crippen LogP contribution in [0.15, 0.2) is 35.5 Å². The highest BCUT2D eigenvalue weighted by atomic mass is 16.5. The highest BCUT2D eigenvalue weighted by Gasteiger charge is 2.37. The second-order valence-electron chi connectivity index (χ2n) is 10.1. The van der Waals surface area contributed by atoms with Crippen molar-refractivity contribution >= 4 is 17.6 Å². The molecule has 2 N–H and O–H groups in total. The lowest BCUT2D eigenvalue weighted by atomic mass is 9.87. The Hall–Kier alpha value is -2.91. The van der Waals surface area contributed by atoms with Crippen LogP contribution in [-0.2, 0) is 14.3 Å². The van der Waals surface area contributed by atoms with Crippen molar-refractivity contribution in [1.82, 2.24) is 20.4 Å². The van der Waals surface area contributed by atoms with E-state index in [0.29, 0.717) is 31.8 Å². The highest BCUT2D eigenvalue weighted by Crippen LogP contribution is 2.27. The van der Waals surface area contributed by atoms with Crippen LogP contribution in [0.3, 0.4) is 0 Å². The van der Waals surface area contributed by atoms with E-state index in [-0.39, 0.29) is 35.7 Å². The predicted molar refractivity (Wildman–Crippen MR) is 133 cm³/mol. The van der Waals surface area contributed by atoms with E-state index < -0.39 is 0 Å². The van der Waals surface area contributed by atoms with E-state index in [2.05, 4.69) is 15.5 Å². The fourth-order valence-electron chi connectivity index (χ4n) is 5.81. The van der Waals surface area contributed by atoms with Gasteiger partial charge in [0.1, 0.15) is 11.9 Å². The summed E-state index contributed by atoms with van der Waals surface area (Å²) in [7, 11) is 1.62. The molecule has 4 heterocycles. The molecule has 36 heavy (non-hydrogen) atoms. The fourth-order valence-corrected chi connectivity index (χ4v) is 5.81. The summed E-state index contributed by atoms with van der Waals surface area (Å²) in [5, 5.41) is 6.44. The lowest BCUT2D eigenvalue weighted by molar-refractivity contribution is -0.141. The number of nitrogens with one attached hydrogen (secondary N) is 2. The largest absolute Gasteiger partial charge is 0.497 e. The van der Waals surface area contributed by atoms with Crippen molar-refractivity contribution in [3.05, 3.63) is 41.1 Å². The van der Waals surface area contributed by atoms with Gasteiger partial charge in [-0.2, -0.15) is 0 Å². The molecular weight excluding hydrogens is 460 g/mol. The van der Waals surface area contributed by atoms with Gasteiger partial charge in [-0.25, -0.2) is 0 Å². The van der Waals surface area contributed by atoms with Crippen LogP contribution in [0.5, 0.6) is 5.75 Å². The minimum absolute atomic E-state index is 0.00480. The van der Waals surface area contributed by atoms with Gasteiger partial charge in [-0.15, -0.1) is 0 Å². The third-order valence-corrected chi connectivity index (χ3v) is 7.94. The molecule has 194 valence electrons. The fraction of sp³-hybridized carbons (Fsp3) is 0.593. The first-order valence-electron chi connectivity index (χ1n) is 13.1. The number of carbonyl (C=O) groups is 3. The lowest BCUT2D eigenvalue weighted by Crippen LogP contribution is -2.56. The number of benzene rings is 1. The zero-order chi connectivity index (χ0) is 25.1. The molecule has 1 aromatic rings. The van der Waals surface area contributed by atoms with E-state index in [1.54, 1.807) is 7.11 Å². The van der Waals surface area contributed by atoms with Crippen molar-refractivity contribution in [2.24, 2.45) is 5.92 Å². The van der Waals surface area contributed by atoms with Gasteiger partial charge in [-0.1, -0.05) is 0 Å². The molecule has 2 amide bonds. The first-order chi connectivity index (χ1) is 17.5. The average Bonchev–Trinajstić information content (AvgIpc) is 2.92. The number of nitrogens with zero attached hydrogens (tertiary/aromatic N) is 2. The van der Waals surface area contributed by atoms with E-state index in [1.807, 2.05) is 29.2 Å². The molecule has 0 bridgehead atoms. The molecule has 0 aliphatic carbocycles. The van der Waals surface area contributed by atoms with E-state index >= 15 is 0 Å². The number of methoxy groups -OCH3 is 1. The Morgan fingerprint density at radius 3 is 2.61 bits per heavy atom. The van der Waals surface area contributed by atoms with Crippen LogP contribution in [0.4, 0.5) is 0 Å². The Morgan fingerprint density at radius 2 is 1.86 bits per heavy atom. The van der Waals surface area contributed by atoms with E-state index in [9.17, 15) is 14.4 Å². The first-order valence-corrected chi connectivity index (χ1v) is 13.1. The predicted octanol–water partition coefficient (Wildman–Crippen LogP) is 1.69. The van der Waals surface area contributed by atoms with Gasteiger partial charge >= 0.3 is 0 Å². The van der Waals surface area contributed by atoms with E-state index in [1.165, 1.54) is 0 Å². The number of hydrogen-bond acceptors (Lipinski definition) is 7. The number of rotatable bonds is 7. The SMILES string of the molecule is COc1ccc(C(=O)C2CCN([C@@H]3CCCN(CCC4NC(=O)C5=C(CCOC5)N4)C3=O)CC2)cc1. The maximum Gasteiger partial charge on any atom is 0.252 e. The second kappa shape index (κ2) is 11.0. The van der Waals surface area contributed by atoms with Gasteiger partial charge in [0.2, 0.25) is 5.91 Å². The average molecular weight is 497 g/mol. The molecular formula is C27H36N4O5. The van der Waals surface area contributed by atoms with Crippen LogP contribution in [0.25, 0.3) is 0 Å². The van der Waals surface area contributed by atoms with Crippen molar-refractivity contribution in [1.29, 1.82) is 0 Å². The summed E-state index contributed by atoms with van der Waals surface area (Å²) in [5.74, 6) is 1.03. The zero-order valence-corrected chi connectivity index (χ0v) is 21.0. The summed E-state index contributed by atoms with van der Waals surface area (Å²) in [6, 6.07) is 7.20. The summed E-state index contributed by atoms with van der Waals surface area (Å²) < 4.78 is 10.6. The first kappa shape index (κ1) is 24.8. The van der Waals surface area contributed by atoms with Crippen LogP contribution in [0, 0.1) is 5.92 Å². The Labute approximate surface area is 212 Å². The van der Waals surface area contributed by atoms with Gasteiger partial charge in [0.25, 0.3) is 5.91 Å². The Balaban J connectivity index is 1.12. The van der Waals surface area contributed by atoms with Gasteiger partial charge in [-0.3, -0.25) is 19.3 Å². The van der Waals surface area contributed by atoms with Crippen LogP contribution in [0.1, 0.15) is 48.9 Å². The molecule has 2 saturated heterocycles. The van der Waals surface area contributed by atoms with Crippen molar-refractivity contribution in [3.8, 4) is 5.75 Å². The quantitative estimate of drug-likeness (QED) is 0.554. The molecule has 5 rings (SSSR count). The van der Waals surface area contributed by atoms with Crippen LogP contribution in [0.2, 0.25) is 0 Å². The topological polar surface area (TPSA) is 100 Å². The monoisotopic (exact) mass is 496 g/mol. The number of Topliss-reactive ketones (excluding diaryl/α,β-unsaturated/α-hetero) is 1. The van der Waals surface area contributed by atoms with E-state index in [4.69, 9.17) is 9.47 Å². The molecule has 2 fully saturated rings. The summed E-state index contributed by atoms with van der Waals surface area (Å²) in [5.41, 5.74) is 2.40. The summed E-state index contributed by atoms with van der Waals surface area (Å²) in [6.07, 6.45) is 4.60. The van der Waals surface area contributed by atoms with Gasteiger partial charge in [0.05, 0.1) is 31.9 Å². The van der Waals surface area contributed by atoms with Gasteiger partial charge < -0.3 is 25.0 Å². The maximum absolute atomic E-state index is 13.4. The molecule has 0 aromatic heterocycles. The molecule has 0 saturated carbocycles. The van der Waals surface area contributed by atoms with Crippen LogP contribution < -0.4 is 15.4 Å². The number of likely N-dealkylation sites (tertiary alicyclic amines) is 2. The summed E-state index contributed by atoms with van der Waals surface area (Å²) in [4.78, 5) is 42.9. The van der Waals surface area contributed by atoms with Crippen molar-refractivity contribution in [2.75, 3.05) is 46.5 Å². The van der Waals surface area contributed by atoms with Gasteiger partial charge in [0, 0.05) is 43.1 Å². The normalized spacial score (nSPS) is 25.8. The van der Waals surface area contributed by atoms with Crippen molar-refractivity contribution < 1.29 is 23.9 Å². The summed E-state index contributed by atoms with van der Waals surface area (Å²) >= 11 is 0. The van der Waals surface area contributed by atoms with Crippen LogP contribution in [-0.4, -0.2) is 86.1 Å². The van der Waals surface area contributed by atoms with E-state index in [0.717, 1.165) is 68.7 Å². The summed E-state index contributed by atoms with van der Waals surface area (Å²) in [6.45, 7) is 3.87. The minimum atomic E-state index is -0.165. The lowest BCUT2D eigenvalue weighted by Gasteiger charge is -2.42. The third-order valence-electron chi connectivity index (χ3n) is 7.94. The Morgan fingerprint density at radius 1 is 1.08 bits per heavy atom. The molecule has 9 nitrogen and oxygen atoms in total. The molecule has 4 aliphatic heterocycles. The number of piperidine rings is 2. The molecule has 4 aliphatic rings. The standard InChI is InChI=1S/C27H36N4O5/c1-35-20-6-4-18(5-7-20)25(32)19-8-13-30(14-9-19)23-3-2-12-31(27(23)34)15-10-24-28-22-11-16-36-17-21(22)26(33)29-24/h4-7,19,23-24,28H,2-3,8-17H2,1H3,(H,29,33)/t23-,24?/m1/s1. The highest BCUT2D eigenvalue weighted by molar-refractivity contribution is 5.98. The molecule has 0 spiro atoms. The van der Waals surface area contributed by atoms with Crippen molar-refractivity contribution in [2.45, 2.75) is 50.7 Å². The zero-order valence-electron chi connectivity index (χ0n) is 21.0. The minimum Gasteiger partial charge on any atom is -0.497 e. The van der Waals surface area contributed by atoms with Crippen LogP contribution >= 0.6 is 0 Å². The number of carbonyl (C=O) groups excluding carboxylic acids is 3. The second-order valence-corrected chi connectivity index (χ2v) is 10.1. The number of ketones is 1. The van der Waals surface area contributed by atoms with Crippen molar-refractivity contribution in [3.63, 3.8) is 0 Å². The van der Waals surface area contributed by atoms with Gasteiger partial charge in [0.15, 0.2) is 5.78 Å². The number of ether oxygens (including phenoxy) is 2. The number of hydrogen-bond donors (Lipinski definition) is 2. The maximum atomic E-state index is 13.4. The molecule has 1 aromatic carbocycles. The molecule has 9 heteroatoms. The smallest absolute Gasteiger partial charge is 0.252 e. The molecule has 1 unspecified atom stereocenters. The molecule has 0 radical (unpaired) electrons. The van der Waals surface area contributed by atoms with Gasteiger partial charge in [-0.05, 0) is 63.0 Å². The Kier molecular flexibility index (Phi) is 7.57. The third kappa shape index (κ3) is 5.27. The molecule has 2 atom stereocenters.